The third-order valence-electron chi connectivity index (χ3n) is 4.26. The van der Waals surface area contributed by atoms with Crippen LogP contribution in [-0.2, 0) is 4.79 Å². The second kappa shape index (κ2) is 7.57. The van der Waals surface area contributed by atoms with E-state index in [0.717, 1.165) is 5.56 Å². The molecule has 122 valence electrons. The van der Waals surface area contributed by atoms with Crippen molar-refractivity contribution in [2.75, 3.05) is 0 Å². The van der Waals surface area contributed by atoms with Crippen molar-refractivity contribution in [2.24, 2.45) is 11.8 Å². The zero-order valence-electron chi connectivity index (χ0n) is 14.9. The minimum atomic E-state index is -0.324. The van der Waals surface area contributed by atoms with E-state index < -0.39 is 0 Å². The zero-order chi connectivity index (χ0) is 17.0. The Labute approximate surface area is 134 Å². The van der Waals surface area contributed by atoms with Crippen molar-refractivity contribution in [2.45, 2.75) is 60.5 Å². The summed E-state index contributed by atoms with van der Waals surface area (Å²) in [5, 5.41) is 0. The average molecular weight is 303 g/mol. The molecule has 0 fully saturated rings. The second-order valence-electron chi connectivity index (χ2n) is 6.74. The summed E-state index contributed by atoms with van der Waals surface area (Å²) in [5.74, 6) is -0.555. The molecule has 3 heteroatoms. The van der Waals surface area contributed by atoms with Crippen LogP contribution in [0.15, 0.2) is 24.3 Å². The molecule has 2 atom stereocenters. The van der Waals surface area contributed by atoms with Crippen LogP contribution >= 0.6 is 0 Å². The number of nitrogens with zero attached hydrogens (tertiary/aromatic N) is 1. The van der Waals surface area contributed by atoms with Gasteiger partial charge in [0.05, 0.1) is 0 Å². The number of aryl methyl sites for hydroxylation is 1. The highest BCUT2D eigenvalue weighted by molar-refractivity contribution is 6.00. The van der Waals surface area contributed by atoms with Gasteiger partial charge in [0.1, 0.15) is 0 Å². The van der Waals surface area contributed by atoms with Gasteiger partial charge in [-0.05, 0) is 34.6 Å². The van der Waals surface area contributed by atoms with E-state index in [1.807, 2.05) is 77.6 Å². The Morgan fingerprint density at radius 3 is 1.68 bits per heavy atom. The van der Waals surface area contributed by atoms with Gasteiger partial charge >= 0.3 is 0 Å². The Kier molecular flexibility index (Phi) is 6.34. The van der Waals surface area contributed by atoms with Gasteiger partial charge in [-0.15, -0.1) is 0 Å². The fraction of sp³-hybridized carbons (Fsp3) is 0.579. The lowest BCUT2D eigenvalue weighted by atomic mass is 9.86. The molecule has 1 rings (SSSR count). The molecular weight excluding hydrogens is 274 g/mol. The van der Waals surface area contributed by atoms with Crippen LogP contribution in [0.3, 0.4) is 0 Å². The number of carbonyl (C=O) groups excluding carboxylic acids is 2. The first kappa shape index (κ1) is 18.4. The van der Waals surface area contributed by atoms with Crippen LogP contribution in [0.25, 0.3) is 0 Å². The lowest BCUT2D eigenvalue weighted by Crippen LogP contribution is -2.46. The maximum Gasteiger partial charge on any atom is 0.226 e. The van der Waals surface area contributed by atoms with Crippen LogP contribution in [0.1, 0.15) is 57.5 Å². The molecule has 1 aromatic carbocycles. The van der Waals surface area contributed by atoms with Crippen LogP contribution in [0.4, 0.5) is 0 Å². The van der Waals surface area contributed by atoms with Gasteiger partial charge in [0, 0.05) is 29.5 Å². The normalized spacial score (nSPS) is 14.0. The topological polar surface area (TPSA) is 37.4 Å². The van der Waals surface area contributed by atoms with Crippen LogP contribution in [-0.4, -0.2) is 28.7 Å². The number of amides is 1. The van der Waals surface area contributed by atoms with Gasteiger partial charge in [-0.1, -0.05) is 43.7 Å². The molecule has 1 aromatic rings. The number of benzene rings is 1. The molecule has 0 saturated heterocycles. The van der Waals surface area contributed by atoms with Crippen molar-refractivity contribution >= 4 is 11.7 Å². The molecule has 1 amide bonds. The van der Waals surface area contributed by atoms with Gasteiger partial charge in [0.15, 0.2) is 5.78 Å². The summed E-state index contributed by atoms with van der Waals surface area (Å²) in [6.45, 7) is 13.7. The van der Waals surface area contributed by atoms with E-state index in [-0.39, 0.29) is 35.6 Å². The summed E-state index contributed by atoms with van der Waals surface area (Å²) in [6.07, 6.45) is 0. The predicted molar refractivity (Wildman–Crippen MR) is 91.0 cm³/mol. The monoisotopic (exact) mass is 303 g/mol. The third kappa shape index (κ3) is 4.19. The molecule has 0 heterocycles. The Bertz CT molecular complexity index is 509. The second-order valence-corrected chi connectivity index (χ2v) is 6.74. The quantitative estimate of drug-likeness (QED) is 0.742. The molecule has 0 spiro atoms. The molecule has 0 aliphatic rings. The number of ketones is 1. The maximum absolute atomic E-state index is 12.7. The lowest BCUT2D eigenvalue weighted by molar-refractivity contribution is -0.139. The van der Waals surface area contributed by atoms with Gasteiger partial charge in [-0.2, -0.15) is 0 Å². The first-order chi connectivity index (χ1) is 10.2. The molecule has 0 saturated carbocycles. The van der Waals surface area contributed by atoms with E-state index in [1.54, 1.807) is 0 Å². The van der Waals surface area contributed by atoms with E-state index in [9.17, 15) is 9.59 Å². The molecule has 0 N–H and O–H groups in total. The van der Waals surface area contributed by atoms with E-state index in [2.05, 4.69) is 0 Å². The SMILES string of the molecule is Cc1ccc(C(=O)[C@@H](C)[C@@H](C)C(=O)N(C(C)C)C(C)C)cc1. The molecule has 0 aliphatic heterocycles. The molecule has 22 heavy (non-hydrogen) atoms. The van der Waals surface area contributed by atoms with Crippen molar-refractivity contribution in [3.63, 3.8) is 0 Å². The summed E-state index contributed by atoms with van der Waals surface area (Å²) in [5.41, 5.74) is 1.80. The van der Waals surface area contributed by atoms with Gasteiger partial charge in [-0.3, -0.25) is 9.59 Å². The number of rotatable bonds is 6. The minimum Gasteiger partial charge on any atom is -0.338 e. The number of hydrogen-bond donors (Lipinski definition) is 0. The van der Waals surface area contributed by atoms with E-state index in [1.165, 1.54) is 0 Å². The van der Waals surface area contributed by atoms with Crippen molar-refractivity contribution in [1.29, 1.82) is 0 Å². The highest BCUT2D eigenvalue weighted by Crippen LogP contribution is 2.22. The highest BCUT2D eigenvalue weighted by atomic mass is 16.2. The van der Waals surface area contributed by atoms with Crippen LogP contribution in [0.5, 0.6) is 0 Å². The van der Waals surface area contributed by atoms with Crippen molar-refractivity contribution in [1.82, 2.24) is 4.90 Å². The van der Waals surface area contributed by atoms with Crippen molar-refractivity contribution in [3.8, 4) is 0 Å². The van der Waals surface area contributed by atoms with Crippen LogP contribution in [0, 0.1) is 18.8 Å². The summed E-state index contributed by atoms with van der Waals surface area (Å²) in [7, 11) is 0. The Balaban J connectivity index is 2.91. The van der Waals surface area contributed by atoms with E-state index in [0.29, 0.717) is 5.56 Å². The van der Waals surface area contributed by atoms with E-state index in [4.69, 9.17) is 0 Å². The largest absolute Gasteiger partial charge is 0.338 e. The van der Waals surface area contributed by atoms with Crippen LogP contribution < -0.4 is 0 Å². The molecule has 0 aliphatic carbocycles. The number of carbonyl (C=O) groups is 2. The number of hydrogen-bond acceptors (Lipinski definition) is 2. The molecule has 0 radical (unpaired) electrons. The highest BCUT2D eigenvalue weighted by Gasteiger charge is 2.32. The van der Waals surface area contributed by atoms with E-state index >= 15 is 0 Å². The van der Waals surface area contributed by atoms with Gasteiger partial charge in [0.2, 0.25) is 5.91 Å². The van der Waals surface area contributed by atoms with Crippen molar-refractivity contribution in [3.05, 3.63) is 35.4 Å². The first-order valence-electron chi connectivity index (χ1n) is 8.09. The summed E-state index contributed by atoms with van der Waals surface area (Å²) >= 11 is 0. The standard InChI is InChI=1S/C19H29NO2/c1-12(2)20(13(3)4)19(22)16(7)15(6)18(21)17-10-8-14(5)9-11-17/h8-13,15-16H,1-7H3/t15-,16+/m0/s1. The van der Waals surface area contributed by atoms with Gasteiger partial charge in [0.25, 0.3) is 0 Å². The Hall–Kier alpha value is -1.64. The summed E-state index contributed by atoms with van der Waals surface area (Å²) < 4.78 is 0. The fourth-order valence-electron chi connectivity index (χ4n) is 2.76. The zero-order valence-corrected chi connectivity index (χ0v) is 14.9. The molecular formula is C19H29NO2. The smallest absolute Gasteiger partial charge is 0.226 e. The molecule has 0 aromatic heterocycles. The predicted octanol–water partition coefficient (Wildman–Crippen LogP) is 4.10. The Morgan fingerprint density at radius 2 is 1.27 bits per heavy atom. The van der Waals surface area contributed by atoms with Gasteiger partial charge in [-0.25, -0.2) is 0 Å². The maximum atomic E-state index is 12.7. The van der Waals surface area contributed by atoms with Gasteiger partial charge < -0.3 is 4.90 Å². The first-order valence-corrected chi connectivity index (χ1v) is 8.09. The minimum absolute atomic E-state index is 0.0355. The molecule has 0 unspecified atom stereocenters. The summed E-state index contributed by atoms with van der Waals surface area (Å²) in [4.78, 5) is 27.2. The fourth-order valence-corrected chi connectivity index (χ4v) is 2.76. The average Bonchev–Trinajstić information content (AvgIpc) is 2.44. The van der Waals surface area contributed by atoms with Crippen molar-refractivity contribution < 1.29 is 9.59 Å². The number of Topliss-reactive ketones (excluding diaryl/α,β-unsaturated/α-hetero) is 1. The Morgan fingerprint density at radius 1 is 0.818 bits per heavy atom. The van der Waals surface area contributed by atoms with Crippen LogP contribution in [0.2, 0.25) is 0 Å². The summed E-state index contributed by atoms with van der Waals surface area (Å²) in [6, 6.07) is 7.82. The molecule has 3 nitrogen and oxygen atoms in total. The molecule has 0 bridgehead atoms. The lowest BCUT2D eigenvalue weighted by Gasteiger charge is -2.34. The third-order valence-corrected chi connectivity index (χ3v) is 4.26.